The molecule has 0 saturated carbocycles. The van der Waals surface area contributed by atoms with Crippen molar-refractivity contribution < 1.29 is 14.6 Å². The lowest BCUT2D eigenvalue weighted by atomic mass is 10.0. The van der Waals surface area contributed by atoms with E-state index in [0.29, 0.717) is 19.6 Å². The molecule has 4 heteroatoms. The van der Waals surface area contributed by atoms with Crippen LogP contribution in [0.25, 0.3) is 0 Å². The fourth-order valence-electron chi connectivity index (χ4n) is 1.30. The normalized spacial score (nSPS) is 26.5. The van der Waals surface area contributed by atoms with Crippen LogP contribution in [0.5, 0.6) is 0 Å². The van der Waals surface area contributed by atoms with Gasteiger partial charge in [0, 0.05) is 25.6 Å². The zero-order chi connectivity index (χ0) is 11.1. The van der Waals surface area contributed by atoms with Crippen molar-refractivity contribution in [3.63, 3.8) is 0 Å². The van der Waals surface area contributed by atoms with E-state index in [1.165, 1.54) is 6.08 Å². The fourth-order valence-corrected chi connectivity index (χ4v) is 1.30. The van der Waals surface area contributed by atoms with E-state index in [-0.39, 0.29) is 12.5 Å². The van der Waals surface area contributed by atoms with Crippen molar-refractivity contribution in [3.8, 4) is 0 Å². The minimum Gasteiger partial charge on any atom is -0.386 e. The molecule has 0 aromatic heterocycles. The molecule has 84 valence electrons. The van der Waals surface area contributed by atoms with Gasteiger partial charge in [0.2, 0.25) is 5.91 Å². The van der Waals surface area contributed by atoms with E-state index in [1.807, 2.05) is 13.0 Å². The first kappa shape index (κ1) is 11.9. The van der Waals surface area contributed by atoms with Crippen LogP contribution >= 0.6 is 0 Å². The predicted molar refractivity (Wildman–Crippen MR) is 57.3 cm³/mol. The van der Waals surface area contributed by atoms with Gasteiger partial charge in [0.1, 0.15) is 5.60 Å². The van der Waals surface area contributed by atoms with Crippen LogP contribution in [0.4, 0.5) is 0 Å². The monoisotopic (exact) mass is 211 g/mol. The zero-order valence-corrected chi connectivity index (χ0v) is 8.90. The van der Waals surface area contributed by atoms with Crippen LogP contribution < -0.4 is 5.32 Å². The number of nitrogens with one attached hydrogen (secondary N) is 1. The van der Waals surface area contributed by atoms with Gasteiger partial charge in [0.05, 0.1) is 6.61 Å². The Balaban J connectivity index is 2.27. The third kappa shape index (κ3) is 4.27. The summed E-state index contributed by atoms with van der Waals surface area (Å²) in [5.41, 5.74) is -0.885. The van der Waals surface area contributed by atoms with Gasteiger partial charge in [-0.25, -0.2) is 0 Å². The van der Waals surface area contributed by atoms with Crippen molar-refractivity contribution in [2.45, 2.75) is 18.9 Å². The van der Waals surface area contributed by atoms with Gasteiger partial charge >= 0.3 is 0 Å². The van der Waals surface area contributed by atoms with Gasteiger partial charge in [-0.15, -0.1) is 0 Å². The summed E-state index contributed by atoms with van der Waals surface area (Å²) in [6.07, 6.45) is 7.27. The quantitative estimate of drug-likeness (QED) is 0.522. The predicted octanol–water partition coefficient (Wildman–Crippen LogP) is 0.386. The number of hydrogen-bond acceptors (Lipinski definition) is 3. The van der Waals surface area contributed by atoms with Crippen molar-refractivity contribution in [3.05, 3.63) is 24.3 Å². The number of ether oxygens (including phenoxy) is 1. The highest BCUT2D eigenvalue weighted by atomic mass is 16.5. The molecule has 1 saturated heterocycles. The van der Waals surface area contributed by atoms with Crippen LogP contribution in [0.1, 0.15) is 13.3 Å². The molecule has 1 heterocycles. The molecule has 0 spiro atoms. The van der Waals surface area contributed by atoms with Crippen LogP contribution in [0.2, 0.25) is 0 Å². The number of amides is 1. The maximum absolute atomic E-state index is 11.2. The lowest BCUT2D eigenvalue weighted by Crippen LogP contribution is -2.42. The molecular formula is C11H17NO3. The topological polar surface area (TPSA) is 58.6 Å². The summed E-state index contributed by atoms with van der Waals surface area (Å²) in [5.74, 6) is -0.201. The van der Waals surface area contributed by atoms with Gasteiger partial charge in [0.25, 0.3) is 0 Å². The third-order valence-corrected chi connectivity index (χ3v) is 2.23. The maximum atomic E-state index is 11.2. The van der Waals surface area contributed by atoms with Crippen molar-refractivity contribution in [2.75, 3.05) is 19.8 Å². The molecule has 0 aromatic carbocycles. The first-order chi connectivity index (χ1) is 7.16. The molecule has 0 aromatic rings. The first-order valence-corrected chi connectivity index (χ1v) is 5.04. The number of rotatable bonds is 4. The Bertz CT molecular complexity index is 265. The second kappa shape index (κ2) is 5.68. The molecule has 15 heavy (non-hydrogen) atoms. The summed E-state index contributed by atoms with van der Waals surface area (Å²) < 4.78 is 5.06. The minimum atomic E-state index is -0.885. The van der Waals surface area contributed by atoms with Gasteiger partial charge in [0.15, 0.2) is 0 Å². The van der Waals surface area contributed by atoms with Crippen molar-refractivity contribution in [1.29, 1.82) is 0 Å². The van der Waals surface area contributed by atoms with Crippen LogP contribution in [0, 0.1) is 0 Å². The summed E-state index contributed by atoms with van der Waals surface area (Å²) in [4.78, 5) is 11.2. The molecule has 1 atom stereocenters. The Morgan fingerprint density at radius 3 is 3.00 bits per heavy atom. The van der Waals surface area contributed by atoms with E-state index < -0.39 is 5.60 Å². The lowest BCUT2D eigenvalue weighted by molar-refractivity contribution is -0.117. The molecule has 0 radical (unpaired) electrons. The van der Waals surface area contributed by atoms with Gasteiger partial charge in [-0.3, -0.25) is 4.79 Å². The van der Waals surface area contributed by atoms with Gasteiger partial charge in [-0.2, -0.15) is 0 Å². The Kier molecular flexibility index (Phi) is 4.52. The first-order valence-electron chi connectivity index (χ1n) is 5.04. The average molecular weight is 211 g/mol. The number of carbonyl (C=O) groups is 1. The number of aliphatic hydroxyl groups is 1. The summed E-state index contributed by atoms with van der Waals surface area (Å²) in [5, 5.41) is 12.5. The summed E-state index contributed by atoms with van der Waals surface area (Å²) >= 11 is 0. The molecule has 0 aliphatic carbocycles. The standard InChI is InChI=1S/C11H17NO3/c1-2-3-4-5-10(13)12-8-11(14)6-7-15-9-11/h2-5,14H,6-9H2,1H3,(H,12,13). The second-order valence-electron chi connectivity index (χ2n) is 3.63. The summed E-state index contributed by atoms with van der Waals surface area (Å²) in [6.45, 7) is 2.97. The van der Waals surface area contributed by atoms with E-state index >= 15 is 0 Å². The van der Waals surface area contributed by atoms with Crippen molar-refractivity contribution >= 4 is 5.91 Å². The number of hydrogen-bond donors (Lipinski definition) is 2. The highest BCUT2D eigenvalue weighted by Crippen LogP contribution is 2.16. The SMILES string of the molecule is CC=CC=CC(=O)NCC1(O)CCOC1. The van der Waals surface area contributed by atoms with Crippen LogP contribution in [0.15, 0.2) is 24.3 Å². The molecule has 1 aliphatic rings. The average Bonchev–Trinajstić information content (AvgIpc) is 2.64. The molecule has 4 nitrogen and oxygen atoms in total. The van der Waals surface area contributed by atoms with Gasteiger partial charge in [-0.1, -0.05) is 18.2 Å². The van der Waals surface area contributed by atoms with Crippen molar-refractivity contribution in [1.82, 2.24) is 5.32 Å². The third-order valence-electron chi connectivity index (χ3n) is 2.23. The Labute approximate surface area is 89.6 Å². The highest BCUT2D eigenvalue weighted by Gasteiger charge is 2.32. The Hall–Kier alpha value is -1.13. The molecule has 0 bridgehead atoms. The van der Waals surface area contributed by atoms with E-state index in [0.717, 1.165) is 0 Å². The van der Waals surface area contributed by atoms with E-state index in [1.54, 1.807) is 12.2 Å². The fraction of sp³-hybridized carbons (Fsp3) is 0.545. The summed E-state index contributed by atoms with van der Waals surface area (Å²) in [6, 6.07) is 0. The molecule has 1 rings (SSSR count). The van der Waals surface area contributed by atoms with Crippen LogP contribution in [-0.2, 0) is 9.53 Å². The smallest absolute Gasteiger partial charge is 0.244 e. The lowest BCUT2D eigenvalue weighted by Gasteiger charge is -2.19. The second-order valence-corrected chi connectivity index (χ2v) is 3.63. The van der Waals surface area contributed by atoms with Gasteiger partial charge < -0.3 is 15.2 Å². The van der Waals surface area contributed by atoms with Crippen molar-refractivity contribution in [2.24, 2.45) is 0 Å². The molecule has 1 unspecified atom stereocenters. The highest BCUT2D eigenvalue weighted by molar-refractivity contribution is 5.87. The molecule has 1 fully saturated rings. The van der Waals surface area contributed by atoms with E-state index in [9.17, 15) is 9.90 Å². The van der Waals surface area contributed by atoms with E-state index in [4.69, 9.17) is 4.74 Å². The maximum Gasteiger partial charge on any atom is 0.244 e. The molecule has 2 N–H and O–H groups in total. The molecular weight excluding hydrogens is 194 g/mol. The van der Waals surface area contributed by atoms with Gasteiger partial charge in [-0.05, 0) is 6.92 Å². The minimum absolute atomic E-state index is 0.201. The molecule has 1 amide bonds. The van der Waals surface area contributed by atoms with Crippen LogP contribution in [0.3, 0.4) is 0 Å². The zero-order valence-electron chi connectivity index (χ0n) is 8.90. The number of carbonyl (C=O) groups excluding carboxylic acids is 1. The van der Waals surface area contributed by atoms with E-state index in [2.05, 4.69) is 5.32 Å². The summed E-state index contributed by atoms with van der Waals surface area (Å²) in [7, 11) is 0. The molecule has 1 aliphatic heterocycles. The Morgan fingerprint density at radius 1 is 1.60 bits per heavy atom. The number of allylic oxidation sites excluding steroid dienone is 3. The van der Waals surface area contributed by atoms with Crippen LogP contribution in [-0.4, -0.2) is 36.4 Å². The Morgan fingerprint density at radius 2 is 2.40 bits per heavy atom. The largest absolute Gasteiger partial charge is 0.386 e.